The molecule has 0 aliphatic carbocycles. The van der Waals surface area contributed by atoms with Crippen LogP contribution in [0.15, 0.2) is 12.4 Å². The van der Waals surface area contributed by atoms with Gasteiger partial charge < -0.3 is 19.1 Å². The molecule has 0 bridgehead atoms. The lowest BCUT2D eigenvalue weighted by atomic mass is 9.87. The first-order valence-electron chi connectivity index (χ1n) is 10.4. The van der Waals surface area contributed by atoms with Crippen molar-refractivity contribution < 1.29 is 28.6 Å². The van der Waals surface area contributed by atoms with Crippen molar-refractivity contribution in [2.75, 3.05) is 20.2 Å². The van der Waals surface area contributed by atoms with Crippen molar-refractivity contribution in [2.24, 2.45) is 11.8 Å². The summed E-state index contributed by atoms with van der Waals surface area (Å²) in [5.74, 6) is -1.54. The fraction of sp³-hybridized carbons (Fsp3) is 0.682. The van der Waals surface area contributed by atoms with Crippen molar-refractivity contribution in [3.05, 3.63) is 23.8 Å². The van der Waals surface area contributed by atoms with Crippen LogP contribution in [0.1, 0.15) is 64.1 Å². The van der Waals surface area contributed by atoms with Crippen LogP contribution < -0.4 is 0 Å². The Morgan fingerprint density at radius 2 is 1.71 bits per heavy atom. The van der Waals surface area contributed by atoms with Gasteiger partial charge in [-0.1, -0.05) is 0 Å². The summed E-state index contributed by atoms with van der Waals surface area (Å²) in [7, 11) is 1.27. The fourth-order valence-corrected chi connectivity index (χ4v) is 3.32. The number of hydrogen-bond acceptors (Lipinski definition) is 8. The molecule has 1 aromatic heterocycles. The summed E-state index contributed by atoms with van der Waals surface area (Å²) in [5.41, 5.74) is -0.577. The zero-order chi connectivity index (χ0) is 23.4. The van der Waals surface area contributed by atoms with Crippen LogP contribution >= 0.6 is 0 Å². The number of aromatic nitrogens is 2. The second-order valence-electron chi connectivity index (χ2n) is 9.70. The minimum atomic E-state index is -0.640. The number of carbonyl (C=O) groups is 3. The normalized spacial score (nSPS) is 17.8. The lowest BCUT2D eigenvalue weighted by Crippen LogP contribution is -2.38. The molecule has 0 unspecified atom stereocenters. The van der Waals surface area contributed by atoms with Crippen LogP contribution in [0.3, 0.4) is 0 Å². The molecule has 0 saturated carbocycles. The smallest absolute Gasteiger partial charge is 0.410 e. The first kappa shape index (κ1) is 24.6. The molecule has 9 nitrogen and oxygen atoms in total. The first-order chi connectivity index (χ1) is 14.3. The van der Waals surface area contributed by atoms with E-state index in [0.717, 1.165) is 0 Å². The highest BCUT2D eigenvalue weighted by Crippen LogP contribution is 2.30. The molecule has 1 aromatic rings. The lowest BCUT2D eigenvalue weighted by Gasteiger charge is -2.28. The van der Waals surface area contributed by atoms with Crippen molar-refractivity contribution in [1.82, 2.24) is 14.9 Å². The molecule has 1 fully saturated rings. The molecule has 2 atom stereocenters. The Hall–Kier alpha value is -2.71. The van der Waals surface area contributed by atoms with E-state index in [0.29, 0.717) is 25.2 Å². The number of rotatable bonds is 5. The summed E-state index contributed by atoms with van der Waals surface area (Å²) in [6.07, 6.45) is 3.34. The van der Waals surface area contributed by atoms with E-state index < -0.39 is 23.1 Å². The van der Waals surface area contributed by atoms with Gasteiger partial charge in [0.25, 0.3) is 0 Å². The van der Waals surface area contributed by atoms with Crippen LogP contribution in [0.5, 0.6) is 0 Å². The molecule has 0 radical (unpaired) electrons. The van der Waals surface area contributed by atoms with Crippen LogP contribution in [0.25, 0.3) is 0 Å². The van der Waals surface area contributed by atoms with Gasteiger partial charge in [0.05, 0.1) is 24.9 Å². The van der Waals surface area contributed by atoms with E-state index in [1.165, 1.54) is 19.5 Å². The molecule has 0 N–H and O–H groups in total. The third-order valence-electron chi connectivity index (χ3n) is 4.68. The standard InChI is InChI=1S/C22H33N3O6/c1-21(2,3)30-18(26)16(10-15-11-24-17(12-23-15)19(27)29-7)14-8-9-25(13-14)20(28)31-22(4,5)6/h11-12,14,16H,8-10,13H2,1-7H3/t14-,16-/m0/s1. The Morgan fingerprint density at radius 1 is 1.06 bits per heavy atom. The fourth-order valence-electron chi connectivity index (χ4n) is 3.32. The average molecular weight is 436 g/mol. The van der Waals surface area contributed by atoms with Crippen molar-refractivity contribution in [2.45, 2.75) is 65.6 Å². The van der Waals surface area contributed by atoms with Crippen LogP contribution in [-0.2, 0) is 25.4 Å². The molecule has 0 aromatic carbocycles. The van der Waals surface area contributed by atoms with Crippen molar-refractivity contribution in [1.29, 1.82) is 0 Å². The highest BCUT2D eigenvalue weighted by Gasteiger charge is 2.39. The van der Waals surface area contributed by atoms with E-state index in [1.807, 2.05) is 41.5 Å². The van der Waals surface area contributed by atoms with Crippen molar-refractivity contribution in [3.8, 4) is 0 Å². The number of hydrogen-bond donors (Lipinski definition) is 0. The van der Waals surface area contributed by atoms with E-state index >= 15 is 0 Å². The molecule has 1 amide bonds. The Kier molecular flexibility index (Phi) is 7.62. The van der Waals surface area contributed by atoms with Crippen LogP contribution in [0.2, 0.25) is 0 Å². The van der Waals surface area contributed by atoms with E-state index in [2.05, 4.69) is 14.7 Å². The number of ether oxygens (including phenoxy) is 3. The Morgan fingerprint density at radius 3 is 2.23 bits per heavy atom. The summed E-state index contributed by atoms with van der Waals surface area (Å²) in [6.45, 7) is 11.8. The molecule has 1 aliphatic rings. The molecule has 172 valence electrons. The second-order valence-corrected chi connectivity index (χ2v) is 9.70. The number of esters is 2. The zero-order valence-corrected chi connectivity index (χ0v) is 19.4. The van der Waals surface area contributed by atoms with Gasteiger partial charge in [0.1, 0.15) is 11.2 Å². The van der Waals surface area contributed by atoms with Crippen molar-refractivity contribution >= 4 is 18.0 Å². The highest BCUT2D eigenvalue weighted by atomic mass is 16.6. The lowest BCUT2D eigenvalue weighted by molar-refractivity contribution is -0.162. The van der Waals surface area contributed by atoms with Gasteiger partial charge in [-0.05, 0) is 53.9 Å². The molecule has 1 saturated heterocycles. The molecular formula is C22H33N3O6. The van der Waals surface area contributed by atoms with Gasteiger partial charge in [0.2, 0.25) is 0 Å². The number of carbonyl (C=O) groups excluding carboxylic acids is 3. The largest absolute Gasteiger partial charge is 0.464 e. The molecule has 9 heteroatoms. The molecule has 1 aliphatic heterocycles. The maximum Gasteiger partial charge on any atom is 0.410 e. The first-order valence-corrected chi connectivity index (χ1v) is 10.4. The highest BCUT2D eigenvalue weighted by molar-refractivity contribution is 5.86. The quantitative estimate of drug-likeness (QED) is 0.513. The zero-order valence-electron chi connectivity index (χ0n) is 19.4. The molecular weight excluding hydrogens is 402 g/mol. The summed E-state index contributed by atoms with van der Waals surface area (Å²) < 4.78 is 15.7. The van der Waals surface area contributed by atoms with Gasteiger partial charge in [-0.25, -0.2) is 14.6 Å². The summed E-state index contributed by atoms with van der Waals surface area (Å²) in [6, 6.07) is 0. The van der Waals surface area contributed by atoms with E-state index in [1.54, 1.807) is 4.90 Å². The average Bonchev–Trinajstić information content (AvgIpc) is 3.13. The number of amides is 1. The topological polar surface area (TPSA) is 108 Å². The minimum Gasteiger partial charge on any atom is -0.464 e. The number of methoxy groups -OCH3 is 1. The van der Waals surface area contributed by atoms with Gasteiger partial charge in [-0.3, -0.25) is 9.78 Å². The summed E-state index contributed by atoms with van der Waals surface area (Å²) >= 11 is 0. The maximum atomic E-state index is 13.0. The Labute approximate surface area is 183 Å². The molecule has 2 rings (SSSR count). The minimum absolute atomic E-state index is 0.0945. The Bertz CT molecular complexity index is 795. The van der Waals surface area contributed by atoms with Crippen LogP contribution in [-0.4, -0.2) is 64.3 Å². The second kappa shape index (κ2) is 9.62. The number of likely N-dealkylation sites (tertiary alicyclic amines) is 1. The third-order valence-corrected chi connectivity index (χ3v) is 4.68. The van der Waals surface area contributed by atoms with E-state index in [4.69, 9.17) is 9.47 Å². The van der Waals surface area contributed by atoms with E-state index in [9.17, 15) is 14.4 Å². The molecule has 0 spiro atoms. The Balaban J connectivity index is 2.17. The van der Waals surface area contributed by atoms with Gasteiger partial charge in [0.15, 0.2) is 5.69 Å². The third kappa shape index (κ3) is 7.48. The van der Waals surface area contributed by atoms with Crippen LogP contribution in [0, 0.1) is 11.8 Å². The molecule has 31 heavy (non-hydrogen) atoms. The maximum absolute atomic E-state index is 13.0. The predicted octanol–water partition coefficient (Wildman–Crippen LogP) is 3.02. The van der Waals surface area contributed by atoms with Gasteiger partial charge >= 0.3 is 18.0 Å². The van der Waals surface area contributed by atoms with E-state index in [-0.39, 0.29) is 30.1 Å². The van der Waals surface area contributed by atoms with Crippen LogP contribution in [0.4, 0.5) is 4.79 Å². The monoisotopic (exact) mass is 435 g/mol. The van der Waals surface area contributed by atoms with Gasteiger partial charge in [-0.15, -0.1) is 0 Å². The van der Waals surface area contributed by atoms with Gasteiger partial charge in [-0.2, -0.15) is 0 Å². The number of nitrogens with zero attached hydrogens (tertiary/aromatic N) is 3. The molecule has 2 heterocycles. The predicted molar refractivity (Wildman–Crippen MR) is 112 cm³/mol. The SMILES string of the molecule is COC(=O)c1cnc(C[C@H](C(=O)OC(C)(C)C)[C@H]2CCN(C(=O)OC(C)(C)C)C2)cn1. The van der Waals surface area contributed by atoms with Gasteiger partial charge in [0, 0.05) is 25.7 Å². The van der Waals surface area contributed by atoms with Crippen molar-refractivity contribution in [3.63, 3.8) is 0 Å². The summed E-state index contributed by atoms with van der Waals surface area (Å²) in [4.78, 5) is 47.0. The summed E-state index contributed by atoms with van der Waals surface area (Å²) in [5, 5.41) is 0.